The number of aliphatic hydroxyl groups excluding tert-OH is 1. The number of nitrogens with one attached hydrogen (secondary N) is 1. The van der Waals surface area contributed by atoms with Crippen LogP contribution in [0.15, 0.2) is 0 Å². The first-order valence-corrected chi connectivity index (χ1v) is 4.33. The molecule has 0 aromatic rings. The van der Waals surface area contributed by atoms with Gasteiger partial charge in [0.15, 0.2) is 0 Å². The number of piperidine rings is 1. The molecule has 0 bridgehead atoms. The third-order valence-electron chi connectivity index (χ3n) is 2.20. The molecule has 0 aromatic carbocycles. The third kappa shape index (κ3) is 2.79. The van der Waals surface area contributed by atoms with Crippen LogP contribution in [0.1, 0.15) is 25.7 Å². The zero-order chi connectivity index (χ0) is 8.97. The molecular formula is C8H15NO3. The molecule has 1 saturated heterocycles. The Morgan fingerprint density at radius 1 is 1.58 bits per heavy atom. The highest BCUT2D eigenvalue weighted by atomic mass is 16.4. The topological polar surface area (TPSA) is 69.6 Å². The number of hydrogen-bond donors (Lipinski definition) is 3. The number of aliphatic hydroxyl groups is 1. The van der Waals surface area contributed by atoms with Crippen LogP contribution in [0.3, 0.4) is 0 Å². The Labute approximate surface area is 71.6 Å². The van der Waals surface area contributed by atoms with Gasteiger partial charge in [0, 0.05) is 6.04 Å². The summed E-state index contributed by atoms with van der Waals surface area (Å²) in [5, 5.41) is 20.9. The van der Waals surface area contributed by atoms with Crippen LogP contribution in [0.5, 0.6) is 0 Å². The number of carboxylic acids is 1. The molecule has 2 atom stereocenters. The Balaban J connectivity index is 2.29. The fourth-order valence-electron chi connectivity index (χ4n) is 1.53. The molecule has 1 aliphatic rings. The average molecular weight is 173 g/mol. The van der Waals surface area contributed by atoms with Gasteiger partial charge < -0.3 is 15.5 Å². The van der Waals surface area contributed by atoms with Crippen molar-refractivity contribution >= 4 is 5.97 Å². The summed E-state index contributed by atoms with van der Waals surface area (Å²) in [7, 11) is 0. The van der Waals surface area contributed by atoms with Crippen molar-refractivity contribution in [3.05, 3.63) is 0 Å². The number of carboxylic acid groups (broad SMARTS) is 1. The van der Waals surface area contributed by atoms with Gasteiger partial charge in [-0.15, -0.1) is 0 Å². The summed E-state index contributed by atoms with van der Waals surface area (Å²) in [4.78, 5) is 10.3. The Kier molecular flexibility index (Phi) is 3.49. The second kappa shape index (κ2) is 4.42. The minimum Gasteiger partial charge on any atom is -0.481 e. The predicted octanol–water partition coefficient (Wildman–Crippen LogP) is -0.0359. The minimum absolute atomic E-state index is 0.0187. The van der Waals surface area contributed by atoms with E-state index >= 15 is 0 Å². The highest BCUT2D eigenvalue weighted by Crippen LogP contribution is 2.12. The van der Waals surface area contributed by atoms with E-state index in [0.717, 1.165) is 25.8 Å². The maximum absolute atomic E-state index is 10.3. The van der Waals surface area contributed by atoms with Gasteiger partial charge in [0.25, 0.3) is 0 Å². The summed E-state index contributed by atoms with van der Waals surface area (Å²) in [6.07, 6.45) is 2.19. The first kappa shape index (κ1) is 9.48. The van der Waals surface area contributed by atoms with Gasteiger partial charge in [0.05, 0.1) is 12.5 Å². The Hall–Kier alpha value is -0.610. The zero-order valence-corrected chi connectivity index (χ0v) is 6.99. The number of hydrogen-bond acceptors (Lipinski definition) is 3. The first-order valence-electron chi connectivity index (χ1n) is 4.33. The molecular weight excluding hydrogens is 158 g/mol. The molecule has 4 heteroatoms. The minimum atomic E-state index is -0.935. The molecule has 1 fully saturated rings. The molecule has 0 spiro atoms. The molecule has 0 saturated carbocycles. The Morgan fingerprint density at radius 2 is 2.33 bits per heavy atom. The summed E-state index contributed by atoms with van der Waals surface area (Å²) in [5.74, 6) is -0.935. The van der Waals surface area contributed by atoms with Crippen LogP contribution in [0.4, 0.5) is 0 Å². The highest BCUT2D eigenvalue weighted by molar-refractivity contribution is 5.67. The summed E-state index contributed by atoms with van der Waals surface area (Å²) < 4.78 is 0. The molecule has 0 radical (unpaired) electrons. The molecule has 4 nitrogen and oxygen atoms in total. The molecule has 0 aromatic heterocycles. The van der Waals surface area contributed by atoms with Crippen molar-refractivity contribution < 1.29 is 15.0 Å². The SMILES string of the molecule is O=C(O)C[C@@H](O)[C@@H]1CCCCN1. The smallest absolute Gasteiger partial charge is 0.306 e. The van der Waals surface area contributed by atoms with E-state index in [2.05, 4.69) is 5.32 Å². The van der Waals surface area contributed by atoms with Gasteiger partial charge in [-0.3, -0.25) is 4.79 Å². The lowest BCUT2D eigenvalue weighted by atomic mass is 9.98. The van der Waals surface area contributed by atoms with Crippen LogP contribution in [-0.4, -0.2) is 34.9 Å². The van der Waals surface area contributed by atoms with Gasteiger partial charge >= 0.3 is 5.97 Å². The van der Waals surface area contributed by atoms with Crippen molar-refractivity contribution in [3.8, 4) is 0 Å². The molecule has 1 aliphatic heterocycles. The lowest BCUT2D eigenvalue weighted by Crippen LogP contribution is -2.43. The fraction of sp³-hybridized carbons (Fsp3) is 0.875. The van der Waals surface area contributed by atoms with Crippen molar-refractivity contribution in [3.63, 3.8) is 0 Å². The Morgan fingerprint density at radius 3 is 2.83 bits per heavy atom. The largest absolute Gasteiger partial charge is 0.481 e. The number of carbonyl (C=O) groups is 1. The van der Waals surface area contributed by atoms with E-state index in [0.29, 0.717) is 0 Å². The van der Waals surface area contributed by atoms with Crippen molar-refractivity contribution in [2.24, 2.45) is 0 Å². The van der Waals surface area contributed by atoms with E-state index in [-0.39, 0.29) is 12.5 Å². The van der Waals surface area contributed by atoms with Gasteiger partial charge in [-0.2, -0.15) is 0 Å². The van der Waals surface area contributed by atoms with Gasteiger partial charge in [-0.25, -0.2) is 0 Å². The summed E-state index contributed by atoms with van der Waals surface area (Å²) in [6, 6.07) is -0.0187. The van der Waals surface area contributed by atoms with E-state index in [1.165, 1.54) is 0 Å². The van der Waals surface area contributed by atoms with Crippen LogP contribution >= 0.6 is 0 Å². The summed E-state index contributed by atoms with van der Waals surface area (Å²) >= 11 is 0. The molecule has 1 rings (SSSR count). The number of aliphatic carboxylic acids is 1. The second-order valence-electron chi connectivity index (χ2n) is 3.22. The average Bonchev–Trinajstić information content (AvgIpc) is 2.05. The number of rotatable bonds is 3. The van der Waals surface area contributed by atoms with Gasteiger partial charge in [-0.05, 0) is 19.4 Å². The van der Waals surface area contributed by atoms with E-state index in [4.69, 9.17) is 5.11 Å². The molecule has 0 unspecified atom stereocenters. The van der Waals surface area contributed by atoms with Gasteiger partial charge in [-0.1, -0.05) is 6.42 Å². The van der Waals surface area contributed by atoms with Crippen LogP contribution in [-0.2, 0) is 4.79 Å². The normalized spacial score (nSPS) is 26.6. The molecule has 0 amide bonds. The maximum atomic E-state index is 10.3. The van der Waals surface area contributed by atoms with Crippen molar-refractivity contribution in [1.82, 2.24) is 5.32 Å². The molecule has 12 heavy (non-hydrogen) atoms. The lowest BCUT2D eigenvalue weighted by Gasteiger charge is -2.26. The first-order chi connectivity index (χ1) is 5.70. The second-order valence-corrected chi connectivity index (χ2v) is 3.22. The lowest BCUT2D eigenvalue weighted by molar-refractivity contribution is -0.139. The van der Waals surface area contributed by atoms with E-state index in [1.54, 1.807) is 0 Å². The van der Waals surface area contributed by atoms with Crippen molar-refractivity contribution in [2.45, 2.75) is 37.8 Å². The summed E-state index contributed by atoms with van der Waals surface area (Å²) in [6.45, 7) is 0.890. The van der Waals surface area contributed by atoms with E-state index in [9.17, 15) is 9.90 Å². The van der Waals surface area contributed by atoms with Crippen LogP contribution < -0.4 is 5.32 Å². The molecule has 70 valence electrons. The third-order valence-corrected chi connectivity index (χ3v) is 2.20. The van der Waals surface area contributed by atoms with Gasteiger partial charge in [0.1, 0.15) is 0 Å². The van der Waals surface area contributed by atoms with E-state index in [1.807, 2.05) is 0 Å². The van der Waals surface area contributed by atoms with Crippen LogP contribution in [0.25, 0.3) is 0 Å². The van der Waals surface area contributed by atoms with Crippen molar-refractivity contribution in [1.29, 1.82) is 0 Å². The van der Waals surface area contributed by atoms with Gasteiger partial charge in [0.2, 0.25) is 0 Å². The maximum Gasteiger partial charge on any atom is 0.306 e. The standard InChI is InChI=1S/C8H15NO3/c10-7(5-8(11)12)6-3-1-2-4-9-6/h6-7,9-10H,1-5H2,(H,11,12)/t6-,7+/m0/s1. The fourth-order valence-corrected chi connectivity index (χ4v) is 1.53. The predicted molar refractivity (Wildman–Crippen MR) is 43.9 cm³/mol. The summed E-state index contributed by atoms with van der Waals surface area (Å²) in [5.41, 5.74) is 0. The molecule has 3 N–H and O–H groups in total. The quantitative estimate of drug-likeness (QED) is 0.560. The van der Waals surface area contributed by atoms with Crippen molar-refractivity contribution in [2.75, 3.05) is 6.54 Å². The molecule has 1 heterocycles. The highest BCUT2D eigenvalue weighted by Gasteiger charge is 2.22. The molecule has 0 aliphatic carbocycles. The van der Waals surface area contributed by atoms with Crippen LogP contribution in [0.2, 0.25) is 0 Å². The van der Waals surface area contributed by atoms with E-state index < -0.39 is 12.1 Å². The Bertz CT molecular complexity index is 154. The zero-order valence-electron chi connectivity index (χ0n) is 6.99. The monoisotopic (exact) mass is 173 g/mol. The van der Waals surface area contributed by atoms with Crippen LogP contribution in [0, 0.1) is 0 Å².